The molecule has 4 aromatic rings. The zero-order chi connectivity index (χ0) is 29.4. The first-order valence-corrected chi connectivity index (χ1v) is 15.2. The molecular formula is C32H34FN2O6P. The van der Waals surface area contributed by atoms with Crippen LogP contribution in [0.15, 0.2) is 113 Å². The molecule has 5 rings (SSSR count). The summed E-state index contributed by atoms with van der Waals surface area (Å²) in [7, 11) is -0.121. The van der Waals surface area contributed by atoms with Crippen LogP contribution >= 0.6 is 8.73 Å². The van der Waals surface area contributed by atoms with Crippen LogP contribution in [0.2, 0.25) is 0 Å². The van der Waals surface area contributed by atoms with Gasteiger partial charge in [-0.2, -0.15) is 0 Å². The van der Waals surface area contributed by atoms with Gasteiger partial charge in [-0.15, -0.1) is 0 Å². The Balaban J connectivity index is 1.53. The summed E-state index contributed by atoms with van der Waals surface area (Å²) in [6.45, 7) is 1.30. The molecule has 10 heteroatoms. The predicted octanol–water partition coefficient (Wildman–Crippen LogP) is 4.71. The topological polar surface area (TPSA) is 80.9 Å². The van der Waals surface area contributed by atoms with Gasteiger partial charge in [-0.3, -0.25) is 9.36 Å². The Morgan fingerprint density at radius 1 is 0.833 bits per heavy atom. The van der Waals surface area contributed by atoms with Gasteiger partial charge in [-0.25, -0.2) is 13.5 Å². The fraction of sp³-hybridized carbons (Fsp3) is 0.312. The fourth-order valence-corrected chi connectivity index (χ4v) is 5.71. The lowest BCUT2D eigenvalue weighted by molar-refractivity contribution is -0.181. The van der Waals surface area contributed by atoms with E-state index in [1.807, 2.05) is 91.0 Å². The van der Waals surface area contributed by atoms with E-state index < -0.39 is 42.0 Å². The van der Waals surface area contributed by atoms with Gasteiger partial charge in [0.05, 0.1) is 26.4 Å². The van der Waals surface area contributed by atoms with Crippen molar-refractivity contribution in [3.05, 3.63) is 141 Å². The molecule has 8 nitrogen and oxygen atoms in total. The number of benzene rings is 3. The van der Waals surface area contributed by atoms with Crippen molar-refractivity contribution in [3.8, 4) is 0 Å². The number of nitrogens with zero attached hydrogens (tertiary/aromatic N) is 2. The molecule has 42 heavy (non-hydrogen) atoms. The summed E-state index contributed by atoms with van der Waals surface area (Å²) in [5.41, 5.74) is -0.0967. The van der Waals surface area contributed by atoms with E-state index >= 15 is 4.39 Å². The monoisotopic (exact) mass is 592 g/mol. The third kappa shape index (κ3) is 6.61. The van der Waals surface area contributed by atoms with Crippen molar-refractivity contribution in [1.82, 2.24) is 8.90 Å². The highest BCUT2D eigenvalue weighted by Gasteiger charge is 2.60. The van der Waals surface area contributed by atoms with Crippen LogP contribution in [0.3, 0.4) is 0 Å². The molecule has 0 bridgehead atoms. The lowest BCUT2D eigenvalue weighted by atomic mass is 9.94. The number of alkyl halides is 1. The summed E-state index contributed by atoms with van der Waals surface area (Å²) in [5, 5.41) is 0. The van der Waals surface area contributed by atoms with Crippen molar-refractivity contribution in [2.45, 2.75) is 43.9 Å². The van der Waals surface area contributed by atoms with Gasteiger partial charge in [0, 0.05) is 12.3 Å². The zero-order valence-electron chi connectivity index (χ0n) is 23.3. The van der Waals surface area contributed by atoms with Gasteiger partial charge >= 0.3 is 5.69 Å². The molecule has 0 radical (unpaired) electrons. The molecule has 1 unspecified atom stereocenters. The average molecular weight is 593 g/mol. The van der Waals surface area contributed by atoms with Gasteiger partial charge in [0.1, 0.15) is 18.9 Å². The Hall–Kier alpha value is -3.46. The van der Waals surface area contributed by atoms with Crippen LogP contribution in [0, 0.1) is 0 Å². The lowest BCUT2D eigenvalue weighted by Crippen LogP contribution is -2.54. The summed E-state index contributed by atoms with van der Waals surface area (Å²) >= 11 is 0. The van der Waals surface area contributed by atoms with E-state index in [2.05, 4.69) is 0 Å². The van der Waals surface area contributed by atoms with Crippen molar-refractivity contribution in [2.75, 3.05) is 19.9 Å². The predicted molar refractivity (Wildman–Crippen MR) is 160 cm³/mol. The van der Waals surface area contributed by atoms with Crippen molar-refractivity contribution in [2.24, 2.45) is 0 Å². The highest BCUT2D eigenvalue weighted by molar-refractivity contribution is 7.35. The first-order valence-electron chi connectivity index (χ1n) is 13.7. The fourth-order valence-electron chi connectivity index (χ4n) is 5.11. The van der Waals surface area contributed by atoms with Crippen LogP contribution in [-0.2, 0) is 38.8 Å². The number of aromatic nitrogens is 2. The molecule has 0 aliphatic carbocycles. The summed E-state index contributed by atoms with van der Waals surface area (Å²) in [4.78, 5) is 25.9. The van der Waals surface area contributed by atoms with E-state index in [1.54, 1.807) is 6.66 Å². The maximum atomic E-state index is 15.6. The molecule has 0 N–H and O–H groups in total. The minimum Gasteiger partial charge on any atom is -0.374 e. The standard InChI is InChI=1S/C32H34FN2O6P/c1-42-35-28(36)17-18-34(31(35)37)30-32(23-33,40-21-26-15-9-4-10-16-26)29(39-20-25-13-7-3-8-14-25)27(41-30)22-38-19-24-11-5-2-6-12-24/h2-18,27,29-30,42H,19-23H2,1H3/t27-,29-,30-,32-/m1/s1. The van der Waals surface area contributed by atoms with Crippen molar-refractivity contribution in [3.63, 3.8) is 0 Å². The van der Waals surface area contributed by atoms with Crippen molar-refractivity contribution in [1.29, 1.82) is 0 Å². The molecule has 1 aromatic heterocycles. The van der Waals surface area contributed by atoms with Crippen LogP contribution in [0.25, 0.3) is 0 Å². The molecule has 0 saturated carbocycles. The maximum absolute atomic E-state index is 15.6. The van der Waals surface area contributed by atoms with E-state index in [1.165, 1.54) is 16.8 Å². The van der Waals surface area contributed by atoms with Crippen molar-refractivity contribution >= 4 is 8.73 Å². The second-order valence-corrected chi connectivity index (χ2v) is 10.9. The molecule has 220 valence electrons. The molecule has 1 saturated heterocycles. The van der Waals surface area contributed by atoms with Gasteiger partial charge in [-0.1, -0.05) is 91.0 Å². The van der Waals surface area contributed by atoms with Crippen LogP contribution in [0.4, 0.5) is 4.39 Å². The Morgan fingerprint density at radius 2 is 1.40 bits per heavy atom. The minimum absolute atomic E-state index is 0.0529. The largest absolute Gasteiger partial charge is 0.374 e. The van der Waals surface area contributed by atoms with E-state index in [0.29, 0.717) is 6.61 Å². The third-order valence-corrected chi connectivity index (χ3v) is 8.11. The van der Waals surface area contributed by atoms with E-state index in [4.69, 9.17) is 18.9 Å². The van der Waals surface area contributed by atoms with Gasteiger partial charge in [0.2, 0.25) is 0 Å². The molecule has 0 amide bonds. The molecule has 0 spiro atoms. The Kier molecular flexibility index (Phi) is 10.1. The van der Waals surface area contributed by atoms with E-state index in [0.717, 1.165) is 21.0 Å². The molecule has 1 aliphatic rings. The Labute approximate surface area is 245 Å². The molecule has 1 fully saturated rings. The number of rotatable bonds is 13. The van der Waals surface area contributed by atoms with Gasteiger partial charge in [-0.05, 0) is 32.1 Å². The first kappa shape index (κ1) is 30.0. The van der Waals surface area contributed by atoms with Crippen molar-refractivity contribution < 1.29 is 23.3 Å². The lowest BCUT2D eigenvalue weighted by Gasteiger charge is -2.36. The minimum atomic E-state index is -1.73. The molecule has 3 aromatic carbocycles. The Morgan fingerprint density at radius 3 is 1.98 bits per heavy atom. The van der Waals surface area contributed by atoms with E-state index in [9.17, 15) is 9.59 Å². The number of hydrogen-bond acceptors (Lipinski definition) is 6. The van der Waals surface area contributed by atoms with E-state index in [-0.39, 0.29) is 28.6 Å². The highest BCUT2D eigenvalue weighted by atomic mass is 31.1. The summed E-state index contributed by atoms with van der Waals surface area (Å²) in [5.74, 6) is 0. The first-order chi connectivity index (χ1) is 20.6. The SMILES string of the molecule is CPn1c(=O)ccn([C@@H]2O[C@H](COCc3ccccc3)[C@@H](OCc3ccccc3)[C@@]2(CF)OCc2ccccc2)c1=O. The number of halogens is 1. The number of ether oxygens (including phenoxy) is 4. The normalized spacial score (nSPS) is 22.2. The van der Waals surface area contributed by atoms with Gasteiger partial charge in [0.25, 0.3) is 5.56 Å². The molecule has 5 atom stereocenters. The van der Waals surface area contributed by atoms with Crippen LogP contribution < -0.4 is 11.2 Å². The molecule has 2 heterocycles. The summed E-state index contributed by atoms with van der Waals surface area (Å²) in [6, 6.07) is 29.9. The summed E-state index contributed by atoms with van der Waals surface area (Å²) < 4.78 is 43.3. The molecular weight excluding hydrogens is 558 g/mol. The quantitative estimate of drug-likeness (QED) is 0.209. The van der Waals surface area contributed by atoms with Gasteiger partial charge in [0.15, 0.2) is 11.8 Å². The average Bonchev–Trinajstić information content (AvgIpc) is 3.33. The summed E-state index contributed by atoms with van der Waals surface area (Å²) in [6.07, 6.45) is -1.63. The zero-order valence-corrected chi connectivity index (χ0v) is 24.3. The molecule has 1 aliphatic heterocycles. The van der Waals surface area contributed by atoms with Crippen LogP contribution in [-0.4, -0.2) is 46.7 Å². The second-order valence-electron chi connectivity index (χ2n) is 10.0. The van der Waals surface area contributed by atoms with Gasteiger partial charge < -0.3 is 18.9 Å². The smallest absolute Gasteiger partial charge is 0.336 e. The van der Waals surface area contributed by atoms with Crippen LogP contribution in [0.5, 0.6) is 0 Å². The second kappa shape index (κ2) is 14.1. The highest BCUT2D eigenvalue weighted by Crippen LogP contribution is 2.44. The Bertz CT molecular complexity index is 1540. The van der Waals surface area contributed by atoms with Crippen LogP contribution in [0.1, 0.15) is 22.9 Å². The maximum Gasteiger partial charge on any atom is 0.336 e. The third-order valence-electron chi connectivity index (χ3n) is 7.25. The number of hydrogen-bond donors (Lipinski definition) is 0.